The van der Waals surface area contributed by atoms with Gasteiger partial charge in [0, 0.05) is 49.6 Å². The number of aryl methyl sites for hydroxylation is 1. The number of nitrogens with one attached hydrogen (secondary N) is 11. The van der Waals surface area contributed by atoms with Gasteiger partial charge in [-0.2, -0.15) is 0 Å². The minimum absolute atomic E-state index is 0.0789. The van der Waals surface area contributed by atoms with E-state index in [0.29, 0.717) is 58.8 Å². The number of unbranched alkanes of at least 4 members (excludes halogenated alkanes) is 1. The van der Waals surface area contributed by atoms with Crippen LogP contribution in [-0.2, 0) is 119 Å². The van der Waals surface area contributed by atoms with E-state index < -0.39 is 220 Å². The Balaban J connectivity index is 1.02. The van der Waals surface area contributed by atoms with Crippen LogP contribution in [-0.4, -0.2) is 215 Å². The molecule has 2 heterocycles. The summed E-state index contributed by atoms with van der Waals surface area (Å²) in [7, 11) is 0. The van der Waals surface area contributed by atoms with Gasteiger partial charge in [0.25, 0.3) is 0 Å². The lowest BCUT2D eigenvalue weighted by Crippen LogP contribution is -2.60. The molecule has 0 aliphatic carbocycles. The van der Waals surface area contributed by atoms with E-state index in [2.05, 4.69) is 43.4 Å². The van der Waals surface area contributed by atoms with Crippen LogP contribution in [0.1, 0.15) is 112 Å². The quantitative estimate of drug-likeness (QED) is 0.0136. The average molecular weight is 1580 g/mol. The average Bonchev–Trinajstić information content (AvgIpc) is 0.982. The van der Waals surface area contributed by atoms with E-state index in [1.807, 2.05) is 57.3 Å². The Kier molecular flexibility index (Phi) is 34.8. The van der Waals surface area contributed by atoms with Crippen LogP contribution in [0.5, 0.6) is 0 Å². The predicted octanol–water partition coefficient (Wildman–Crippen LogP) is -3.06. The molecule has 8 atom stereocenters. The zero-order valence-corrected chi connectivity index (χ0v) is 61.8. The molecule has 5 aromatic rings. The topological polar surface area (TPSA) is 601 Å². The fourth-order valence-electron chi connectivity index (χ4n) is 11.4. The maximum atomic E-state index is 14.5. The molecule has 114 heavy (non-hydrogen) atoms. The first-order valence-corrected chi connectivity index (χ1v) is 35.8. The van der Waals surface area contributed by atoms with Crippen molar-refractivity contribution >= 4 is 112 Å². The molecule has 4 aromatic carbocycles. The van der Waals surface area contributed by atoms with E-state index in [4.69, 9.17) is 5.73 Å². The molecule has 0 saturated heterocycles. The van der Waals surface area contributed by atoms with Crippen molar-refractivity contribution in [2.45, 2.75) is 159 Å². The summed E-state index contributed by atoms with van der Waals surface area (Å²) in [4.78, 5) is 237. The van der Waals surface area contributed by atoms with E-state index in [0.717, 1.165) is 12.1 Å². The lowest BCUT2D eigenvalue weighted by Gasteiger charge is -2.27. The highest BCUT2D eigenvalue weighted by molar-refractivity contribution is 6.02. The Morgan fingerprint density at radius 2 is 0.816 bits per heavy atom. The molecular weight excluding hydrogens is 1490 g/mol. The second-order valence-electron chi connectivity index (χ2n) is 26.6. The van der Waals surface area contributed by atoms with Gasteiger partial charge in [0.05, 0.1) is 69.7 Å². The van der Waals surface area contributed by atoms with Gasteiger partial charge in [0.1, 0.15) is 48.3 Å². The molecule has 13 amide bonds. The van der Waals surface area contributed by atoms with E-state index in [1.54, 1.807) is 114 Å². The number of anilines is 1. The number of nitrogens with two attached hydrogens (primary N) is 1. The summed E-state index contributed by atoms with van der Waals surface area (Å²) in [6.45, 7) is 1.57. The van der Waals surface area contributed by atoms with Crippen LogP contribution in [0, 0.1) is 17.8 Å². The molecule has 18 N–H and O–H groups in total. The number of amides is 13. The number of para-hydroxylation sites is 1. The molecule has 0 radical (unpaired) electrons. The van der Waals surface area contributed by atoms with Crippen molar-refractivity contribution in [2.75, 3.05) is 24.5 Å². The number of rotatable bonds is 46. The molecule has 0 spiro atoms. The summed E-state index contributed by atoms with van der Waals surface area (Å²) in [6, 6.07) is 15.2. The van der Waals surface area contributed by atoms with E-state index in [1.165, 1.54) is 4.90 Å². The van der Waals surface area contributed by atoms with Crippen molar-refractivity contribution in [3.63, 3.8) is 0 Å². The minimum Gasteiger partial charge on any atom is -0.481 e. The normalized spacial score (nSPS) is 13.3. The van der Waals surface area contributed by atoms with E-state index >= 15 is 0 Å². The third kappa shape index (κ3) is 30.8. The fourth-order valence-corrected chi connectivity index (χ4v) is 11.4. The van der Waals surface area contributed by atoms with Crippen LogP contribution in [0.2, 0.25) is 0 Å². The number of hydrogen-bond acceptors (Lipinski definition) is 20. The fraction of sp³-hybridized carbons (Fsp3) is 0.387. The first kappa shape index (κ1) is 88.9. The molecule has 0 fully saturated rings. The molecule has 0 bridgehead atoms. The number of hydrogen-bond donors (Lipinski definition) is 17. The highest BCUT2D eigenvalue weighted by atomic mass is 16.4. The smallest absolute Gasteiger partial charge is 0.305 e. The van der Waals surface area contributed by atoms with E-state index in [9.17, 15) is 112 Å². The minimum atomic E-state index is -2.27. The summed E-state index contributed by atoms with van der Waals surface area (Å²) in [5.74, 6) is -17.1. The molecule has 0 saturated carbocycles. The number of carboxylic acids is 5. The number of fused-ring (bicyclic) bond motifs is 2. The summed E-state index contributed by atoms with van der Waals surface area (Å²) >= 11 is 0. The van der Waals surface area contributed by atoms with Gasteiger partial charge >= 0.3 is 29.8 Å². The van der Waals surface area contributed by atoms with Crippen molar-refractivity contribution in [2.24, 2.45) is 11.7 Å². The second-order valence-corrected chi connectivity index (χ2v) is 26.6. The Morgan fingerprint density at radius 3 is 1.30 bits per heavy atom. The van der Waals surface area contributed by atoms with Crippen LogP contribution in [0.15, 0.2) is 115 Å². The first-order valence-electron chi connectivity index (χ1n) is 35.8. The van der Waals surface area contributed by atoms with Gasteiger partial charge in [-0.15, -0.1) is 5.10 Å². The highest BCUT2D eigenvalue weighted by Gasteiger charge is 2.37. The number of primary amides is 1. The van der Waals surface area contributed by atoms with Gasteiger partial charge in [0.15, 0.2) is 0 Å². The van der Waals surface area contributed by atoms with Crippen molar-refractivity contribution in [1.29, 1.82) is 0 Å². The van der Waals surface area contributed by atoms with Crippen LogP contribution >= 0.6 is 0 Å². The summed E-state index contributed by atoms with van der Waals surface area (Å²) in [6.07, 6.45) is -4.08. The monoisotopic (exact) mass is 1580 g/mol. The molecule has 6 rings (SSSR count). The van der Waals surface area contributed by atoms with Crippen LogP contribution in [0.25, 0.3) is 0 Å². The van der Waals surface area contributed by atoms with Gasteiger partial charge in [-0.3, -0.25) is 91.0 Å². The van der Waals surface area contributed by atoms with E-state index in [-0.39, 0.29) is 25.8 Å². The second kappa shape index (κ2) is 44.6. The Labute approximate surface area is 650 Å². The molecule has 1 aliphatic heterocycles. The molecule has 606 valence electrons. The highest BCUT2D eigenvalue weighted by Crippen LogP contribution is 2.26. The molecule has 1 aliphatic rings. The third-order valence-corrected chi connectivity index (χ3v) is 17.0. The Morgan fingerprint density at radius 1 is 0.421 bits per heavy atom. The largest absolute Gasteiger partial charge is 0.481 e. The number of nitrogens with zero attached hydrogens (tertiary/aromatic N) is 4. The summed E-state index contributed by atoms with van der Waals surface area (Å²) in [5, 5.41) is 80.8. The van der Waals surface area contributed by atoms with Crippen LogP contribution < -0.4 is 69.1 Å². The van der Waals surface area contributed by atoms with Crippen molar-refractivity contribution < 1.29 is 112 Å². The molecule has 39 heteroatoms. The van der Waals surface area contributed by atoms with Gasteiger partial charge in [0.2, 0.25) is 76.8 Å². The van der Waals surface area contributed by atoms with Crippen molar-refractivity contribution in [1.82, 2.24) is 73.5 Å². The predicted molar refractivity (Wildman–Crippen MR) is 397 cm³/mol. The SMILES string of the molecule is CC(C)Cc1cn(CCCC[C@H](NC(=O)[C@H](Cc2ccccc2)NC(=O)[C@H](Cc2ccccc2)NC(=O)[C@H](CC(=O)O)NC(=O)[C@H](CC(=O)O)NC(=O)[C@H](CC(=O)O)NC(=O)CNC(=O)CNC(=O)CNC(=O)[C@H](CC(=O)O)NC(=O)[C@H](CC(=O)O)NC(=O)CCC(=O)N2Cc3ccccc3C#Cc3ccccc32)C(N)=O)nn1. The number of carbonyl (C=O) groups is 18. The van der Waals surface area contributed by atoms with Gasteiger partial charge in [-0.25, -0.2) is 0 Å². The van der Waals surface area contributed by atoms with Crippen LogP contribution in [0.3, 0.4) is 0 Å². The number of aliphatic carboxylic acids is 5. The Hall–Kier alpha value is -14.0. The van der Waals surface area contributed by atoms with Gasteiger partial charge in [-0.1, -0.05) is 122 Å². The molecule has 39 nitrogen and oxygen atoms in total. The zero-order valence-electron chi connectivity index (χ0n) is 61.8. The maximum absolute atomic E-state index is 14.5. The molecular formula is C75H88N16O23. The first-order chi connectivity index (χ1) is 54.2. The summed E-state index contributed by atoms with van der Waals surface area (Å²) < 4.78 is 1.66. The van der Waals surface area contributed by atoms with Crippen molar-refractivity contribution in [3.05, 3.63) is 149 Å². The van der Waals surface area contributed by atoms with Gasteiger partial charge < -0.3 is 94.7 Å². The number of benzene rings is 4. The standard InChI is InChI=1S/C75H88N16O23/c1-42(2)29-48-41-90(89-88-48)28-14-13-22-49(68(76)107)82-70(109)50(30-43-15-5-3-6-16-43)83-71(110)51(31-44-17-7-4-8-18-44)84-74(113)55(35-66(103)104)87-75(114)56(36-67(105)106)86-73(112)54(34-65(101)102)81-61(95)39-78-59(93)37-77-60(94)38-79-69(108)52(32-63(97)98)85-72(111)53(33-64(99)100)80-58(92)26-27-62(96)91-40-47-21-10-9-19-45(47)24-25-46-20-11-12-23-57(46)91/h3-12,15-21,23,41-42,49-56H,13-14,22,26-40H2,1-2H3,(H2,76,107)(H,77,94)(H,78,93)(H,79,108)(H,80,92)(H,81,95)(H,82,109)(H,83,110)(H,84,113)(H,85,111)(H,86,112)(H,87,114)(H,97,98)(H,99,100)(H,101,102)(H,103,104)(H,105,106)/t49-,50-,51-,52-,53-,54-,55-,56-/m0/s1. The molecule has 1 aromatic heterocycles. The van der Waals surface area contributed by atoms with Crippen LogP contribution in [0.4, 0.5) is 5.69 Å². The van der Waals surface area contributed by atoms with Gasteiger partial charge in [-0.05, 0) is 66.5 Å². The zero-order chi connectivity index (χ0) is 83.6. The molecule has 0 unspecified atom stereocenters. The number of aromatic nitrogens is 3. The lowest BCUT2D eigenvalue weighted by molar-refractivity contribution is -0.144. The maximum Gasteiger partial charge on any atom is 0.305 e. The number of carbonyl (C=O) groups excluding carboxylic acids is 13. The Bertz CT molecular complexity index is 4430. The lowest BCUT2D eigenvalue weighted by atomic mass is 10.0. The number of carboxylic acid groups (broad SMARTS) is 5. The van der Waals surface area contributed by atoms with Crippen molar-refractivity contribution in [3.8, 4) is 11.8 Å². The summed E-state index contributed by atoms with van der Waals surface area (Å²) in [5.41, 5.74) is 9.86. The third-order valence-electron chi connectivity index (χ3n) is 17.0.